The maximum absolute atomic E-state index is 5.82. The van der Waals surface area contributed by atoms with E-state index in [2.05, 4.69) is 36.1 Å². The third kappa shape index (κ3) is 2.96. The number of ether oxygens (including phenoxy) is 2. The van der Waals surface area contributed by atoms with Crippen LogP contribution in [-0.4, -0.2) is 34.4 Å². The SMILES string of the molecule is COCc1nc(-c2ccc(OC)nn2)nc(N)c1Br. The van der Waals surface area contributed by atoms with Gasteiger partial charge in [0.05, 0.1) is 23.9 Å². The Labute approximate surface area is 118 Å². The van der Waals surface area contributed by atoms with Crippen LogP contribution < -0.4 is 10.5 Å². The summed E-state index contributed by atoms with van der Waals surface area (Å²) >= 11 is 3.32. The van der Waals surface area contributed by atoms with Crippen molar-refractivity contribution < 1.29 is 9.47 Å². The van der Waals surface area contributed by atoms with Gasteiger partial charge in [0.2, 0.25) is 5.88 Å². The Bertz CT molecular complexity index is 576. The van der Waals surface area contributed by atoms with Gasteiger partial charge in [0.15, 0.2) is 5.82 Å². The summed E-state index contributed by atoms with van der Waals surface area (Å²) in [7, 11) is 3.10. The smallest absolute Gasteiger partial charge is 0.233 e. The predicted molar refractivity (Wildman–Crippen MR) is 72.4 cm³/mol. The van der Waals surface area contributed by atoms with E-state index in [-0.39, 0.29) is 0 Å². The second-order valence-electron chi connectivity index (χ2n) is 3.59. The van der Waals surface area contributed by atoms with Crippen molar-refractivity contribution in [2.45, 2.75) is 6.61 Å². The number of nitrogens with two attached hydrogens (primary N) is 1. The molecule has 0 aliphatic carbocycles. The molecular weight excluding hydrogens is 314 g/mol. The van der Waals surface area contributed by atoms with Gasteiger partial charge in [-0.15, -0.1) is 10.2 Å². The zero-order valence-electron chi connectivity index (χ0n) is 10.4. The fraction of sp³-hybridized carbons (Fsp3) is 0.273. The molecule has 0 aliphatic rings. The number of nitrogens with zero attached hydrogens (tertiary/aromatic N) is 4. The van der Waals surface area contributed by atoms with Crippen LogP contribution >= 0.6 is 15.9 Å². The van der Waals surface area contributed by atoms with Crippen molar-refractivity contribution in [2.24, 2.45) is 0 Å². The summed E-state index contributed by atoms with van der Waals surface area (Å²) in [5.74, 6) is 1.14. The Kier molecular flexibility index (Phi) is 4.23. The van der Waals surface area contributed by atoms with Crippen molar-refractivity contribution in [1.82, 2.24) is 20.2 Å². The quantitative estimate of drug-likeness (QED) is 0.908. The molecule has 2 aromatic heterocycles. The zero-order valence-corrected chi connectivity index (χ0v) is 12.0. The Hall–Kier alpha value is -1.80. The molecule has 0 unspecified atom stereocenters. The van der Waals surface area contributed by atoms with Crippen molar-refractivity contribution in [3.05, 3.63) is 22.3 Å². The predicted octanol–water partition coefficient (Wildman–Crippen LogP) is 1.43. The average Bonchev–Trinajstić information content (AvgIpc) is 2.44. The van der Waals surface area contributed by atoms with E-state index < -0.39 is 0 Å². The molecule has 2 heterocycles. The second kappa shape index (κ2) is 5.89. The number of hydrogen-bond acceptors (Lipinski definition) is 7. The summed E-state index contributed by atoms with van der Waals surface area (Å²) in [4.78, 5) is 8.50. The van der Waals surface area contributed by atoms with E-state index in [0.717, 1.165) is 0 Å². The summed E-state index contributed by atoms with van der Waals surface area (Å²) in [6.45, 7) is 0.323. The third-order valence-electron chi connectivity index (χ3n) is 2.30. The topological polar surface area (TPSA) is 96.0 Å². The van der Waals surface area contributed by atoms with Crippen molar-refractivity contribution in [3.63, 3.8) is 0 Å². The molecule has 8 heteroatoms. The molecule has 0 aliphatic heterocycles. The van der Waals surface area contributed by atoms with E-state index in [0.29, 0.717) is 40.0 Å². The second-order valence-corrected chi connectivity index (χ2v) is 4.38. The van der Waals surface area contributed by atoms with Gasteiger partial charge in [-0.05, 0) is 22.0 Å². The first-order valence-corrected chi connectivity index (χ1v) is 6.14. The van der Waals surface area contributed by atoms with Crippen molar-refractivity contribution in [1.29, 1.82) is 0 Å². The number of anilines is 1. The lowest BCUT2D eigenvalue weighted by molar-refractivity contribution is 0.181. The van der Waals surface area contributed by atoms with Crippen LogP contribution in [-0.2, 0) is 11.3 Å². The molecule has 0 amide bonds. The van der Waals surface area contributed by atoms with Crippen LogP contribution in [0, 0.1) is 0 Å². The fourth-order valence-electron chi connectivity index (χ4n) is 1.41. The number of nitrogen functional groups attached to an aromatic ring is 1. The molecular formula is C11H12BrN5O2. The minimum atomic E-state index is 0.323. The number of hydrogen-bond donors (Lipinski definition) is 1. The number of aromatic nitrogens is 4. The van der Waals surface area contributed by atoms with E-state index in [1.165, 1.54) is 7.11 Å². The molecule has 0 aromatic carbocycles. The van der Waals surface area contributed by atoms with Crippen molar-refractivity contribution >= 4 is 21.7 Å². The van der Waals surface area contributed by atoms with Crippen LogP contribution in [0.5, 0.6) is 5.88 Å². The van der Waals surface area contributed by atoms with E-state index in [9.17, 15) is 0 Å². The zero-order chi connectivity index (χ0) is 13.8. The Balaban J connectivity index is 2.43. The first-order chi connectivity index (χ1) is 9.15. The van der Waals surface area contributed by atoms with E-state index in [4.69, 9.17) is 15.2 Å². The van der Waals surface area contributed by atoms with E-state index in [1.807, 2.05) is 0 Å². The van der Waals surface area contributed by atoms with Gasteiger partial charge in [-0.2, -0.15) is 0 Å². The molecule has 2 aromatic rings. The summed E-state index contributed by atoms with van der Waals surface area (Å²) in [6.07, 6.45) is 0. The van der Waals surface area contributed by atoms with Crippen LogP contribution in [0.25, 0.3) is 11.5 Å². The molecule has 0 radical (unpaired) electrons. The molecule has 0 atom stereocenters. The highest BCUT2D eigenvalue weighted by atomic mass is 79.9. The lowest BCUT2D eigenvalue weighted by Gasteiger charge is -2.07. The van der Waals surface area contributed by atoms with Crippen LogP contribution in [0.1, 0.15) is 5.69 Å². The molecule has 7 nitrogen and oxygen atoms in total. The minimum absolute atomic E-state index is 0.323. The highest BCUT2D eigenvalue weighted by molar-refractivity contribution is 9.10. The van der Waals surface area contributed by atoms with E-state index in [1.54, 1.807) is 19.2 Å². The summed E-state index contributed by atoms with van der Waals surface area (Å²) in [6, 6.07) is 3.39. The van der Waals surface area contributed by atoms with Crippen LogP contribution in [0.15, 0.2) is 16.6 Å². The van der Waals surface area contributed by atoms with Gasteiger partial charge in [-0.1, -0.05) is 0 Å². The van der Waals surface area contributed by atoms with Gasteiger partial charge in [0.1, 0.15) is 11.5 Å². The highest BCUT2D eigenvalue weighted by Crippen LogP contribution is 2.25. The van der Waals surface area contributed by atoms with Crippen molar-refractivity contribution in [3.8, 4) is 17.4 Å². The summed E-state index contributed by atoms with van der Waals surface area (Å²) in [5.41, 5.74) is 6.99. The lowest BCUT2D eigenvalue weighted by atomic mass is 10.3. The van der Waals surface area contributed by atoms with Gasteiger partial charge in [0.25, 0.3) is 0 Å². The van der Waals surface area contributed by atoms with Crippen molar-refractivity contribution in [2.75, 3.05) is 20.0 Å². The Morgan fingerprint density at radius 3 is 2.58 bits per heavy atom. The monoisotopic (exact) mass is 325 g/mol. The van der Waals surface area contributed by atoms with Crippen LogP contribution in [0.3, 0.4) is 0 Å². The third-order valence-corrected chi connectivity index (χ3v) is 3.17. The molecule has 0 saturated carbocycles. The van der Waals surface area contributed by atoms with Gasteiger partial charge >= 0.3 is 0 Å². The molecule has 2 N–H and O–H groups in total. The minimum Gasteiger partial charge on any atom is -0.480 e. The Morgan fingerprint density at radius 2 is 2.00 bits per heavy atom. The summed E-state index contributed by atoms with van der Waals surface area (Å²) < 4.78 is 10.6. The first kappa shape index (κ1) is 13.6. The van der Waals surface area contributed by atoms with Crippen LogP contribution in [0.2, 0.25) is 0 Å². The van der Waals surface area contributed by atoms with Gasteiger partial charge in [-0.25, -0.2) is 9.97 Å². The number of rotatable bonds is 4. The molecule has 0 fully saturated rings. The molecule has 0 spiro atoms. The average molecular weight is 326 g/mol. The van der Waals surface area contributed by atoms with Gasteiger partial charge < -0.3 is 15.2 Å². The normalized spacial score (nSPS) is 10.5. The molecule has 100 valence electrons. The van der Waals surface area contributed by atoms with Gasteiger partial charge in [0, 0.05) is 13.2 Å². The first-order valence-electron chi connectivity index (χ1n) is 5.34. The number of halogens is 1. The highest BCUT2D eigenvalue weighted by Gasteiger charge is 2.12. The van der Waals surface area contributed by atoms with Crippen LogP contribution in [0.4, 0.5) is 5.82 Å². The summed E-state index contributed by atoms with van der Waals surface area (Å²) in [5, 5.41) is 7.85. The largest absolute Gasteiger partial charge is 0.480 e. The molecule has 19 heavy (non-hydrogen) atoms. The standard InChI is InChI=1S/C11H12BrN5O2/c1-18-5-7-9(12)10(13)15-11(14-7)6-3-4-8(19-2)17-16-6/h3-4H,5H2,1-2H3,(H2,13,14,15). The van der Waals surface area contributed by atoms with E-state index >= 15 is 0 Å². The molecule has 0 saturated heterocycles. The maximum atomic E-state index is 5.82. The fourth-order valence-corrected chi connectivity index (χ4v) is 1.70. The Morgan fingerprint density at radius 1 is 1.21 bits per heavy atom. The maximum Gasteiger partial charge on any atom is 0.233 e. The number of methoxy groups -OCH3 is 2. The molecule has 0 bridgehead atoms. The van der Waals surface area contributed by atoms with Gasteiger partial charge in [-0.3, -0.25) is 0 Å². The lowest BCUT2D eigenvalue weighted by Crippen LogP contribution is -2.05. The molecule has 2 rings (SSSR count).